The highest BCUT2D eigenvalue weighted by molar-refractivity contribution is 7.07. The average Bonchev–Trinajstić information content (AvgIpc) is 2.79. The zero-order valence-corrected chi connectivity index (χ0v) is 10.4. The number of aromatic nitrogens is 1. The molecule has 0 aliphatic heterocycles. The van der Waals surface area contributed by atoms with Gasteiger partial charge in [-0.1, -0.05) is 20.8 Å². The molecule has 15 heavy (non-hydrogen) atoms. The summed E-state index contributed by atoms with van der Waals surface area (Å²) in [5, 5.41) is 4.87. The Balaban J connectivity index is 2.71. The van der Waals surface area contributed by atoms with Gasteiger partial charge in [0, 0.05) is 10.9 Å². The van der Waals surface area contributed by atoms with Gasteiger partial charge < -0.3 is 5.32 Å². The van der Waals surface area contributed by atoms with Crippen molar-refractivity contribution in [2.75, 3.05) is 0 Å². The summed E-state index contributed by atoms with van der Waals surface area (Å²) in [6.07, 6.45) is 2.86. The molecule has 4 heteroatoms. The van der Waals surface area contributed by atoms with E-state index in [-0.39, 0.29) is 11.4 Å². The smallest absolute Gasteiger partial charge is 0.271 e. The first-order valence-corrected chi connectivity index (χ1v) is 6.32. The molecule has 0 bridgehead atoms. The first kappa shape index (κ1) is 12.2. The average molecular weight is 226 g/mol. The summed E-state index contributed by atoms with van der Waals surface area (Å²) < 4.78 is 0. The molecule has 84 valence electrons. The Morgan fingerprint density at radius 2 is 2.00 bits per heavy atom. The van der Waals surface area contributed by atoms with Crippen LogP contribution in [0.25, 0.3) is 0 Å². The second kappa shape index (κ2) is 5.26. The van der Waals surface area contributed by atoms with E-state index in [1.807, 2.05) is 0 Å². The molecular weight excluding hydrogens is 208 g/mol. The SMILES string of the molecule is CCC(CC)(CC)NC(=O)c1cscn1. The molecule has 0 saturated carbocycles. The molecule has 0 atom stereocenters. The monoisotopic (exact) mass is 226 g/mol. The molecule has 1 rings (SSSR count). The second-order valence-electron chi connectivity index (χ2n) is 3.67. The van der Waals surface area contributed by atoms with Crippen molar-refractivity contribution in [1.82, 2.24) is 10.3 Å². The van der Waals surface area contributed by atoms with Gasteiger partial charge in [0.15, 0.2) is 0 Å². The van der Waals surface area contributed by atoms with Crippen LogP contribution in [0.4, 0.5) is 0 Å². The first-order chi connectivity index (χ1) is 7.17. The van der Waals surface area contributed by atoms with Gasteiger partial charge in [0.2, 0.25) is 0 Å². The zero-order chi connectivity index (χ0) is 11.3. The van der Waals surface area contributed by atoms with Crippen LogP contribution in [0.15, 0.2) is 10.9 Å². The number of hydrogen-bond acceptors (Lipinski definition) is 3. The van der Waals surface area contributed by atoms with Crippen LogP contribution in [0.2, 0.25) is 0 Å². The summed E-state index contributed by atoms with van der Waals surface area (Å²) in [5.41, 5.74) is 2.14. The Bertz CT molecular complexity index is 296. The molecule has 0 aliphatic carbocycles. The maximum atomic E-state index is 11.8. The zero-order valence-electron chi connectivity index (χ0n) is 9.54. The summed E-state index contributed by atoms with van der Waals surface area (Å²) in [6, 6.07) is 0. The number of hydrogen-bond donors (Lipinski definition) is 1. The Hall–Kier alpha value is -0.900. The Labute approximate surface area is 94.9 Å². The van der Waals surface area contributed by atoms with Crippen LogP contribution in [-0.2, 0) is 0 Å². The van der Waals surface area contributed by atoms with Gasteiger partial charge in [-0.05, 0) is 19.3 Å². The number of thiazole rings is 1. The normalized spacial score (nSPS) is 11.4. The molecule has 1 aromatic rings. The molecule has 0 spiro atoms. The summed E-state index contributed by atoms with van der Waals surface area (Å²) in [7, 11) is 0. The van der Waals surface area contributed by atoms with Crippen molar-refractivity contribution in [3.63, 3.8) is 0 Å². The van der Waals surface area contributed by atoms with E-state index in [0.29, 0.717) is 5.69 Å². The Kier molecular flexibility index (Phi) is 4.27. The number of rotatable bonds is 5. The maximum absolute atomic E-state index is 11.8. The third-order valence-electron chi connectivity index (χ3n) is 3.07. The fraction of sp³-hybridized carbons (Fsp3) is 0.636. The molecule has 1 heterocycles. The van der Waals surface area contributed by atoms with Crippen LogP contribution in [0.3, 0.4) is 0 Å². The van der Waals surface area contributed by atoms with E-state index >= 15 is 0 Å². The number of carbonyl (C=O) groups excluding carboxylic acids is 1. The molecule has 0 fully saturated rings. The molecular formula is C11H18N2OS. The number of carbonyl (C=O) groups is 1. The van der Waals surface area contributed by atoms with Gasteiger partial charge in [-0.3, -0.25) is 4.79 Å². The van der Waals surface area contributed by atoms with Crippen molar-refractivity contribution in [1.29, 1.82) is 0 Å². The van der Waals surface area contributed by atoms with Crippen molar-refractivity contribution < 1.29 is 4.79 Å². The minimum absolute atomic E-state index is 0.0539. The quantitative estimate of drug-likeness (QED) is 0.839. The number of amides is 1. The summed E-state index contributed by atoms with van der Waals surface area (Å²) in [5.74, 6) is -0.0539. The van der Waals surface area contributed by atoms with E-state index in [1.54, 1.807) is 10.9 Å². The van der Waals surface area contributed by atoms with E-state index in [9.17, 15) is 4.79 Å². The molecule has 0 aliphatic rings. The molecule has 0 saturated heterocycles. The predicted octanol–water partition coefficient (Wildman–Crippen LogP) is 2.84. The van der Waals surface area contributed by atoms with Crippen LogP contribution >= 0.6 is 11.3 Å². The highest BCUT2D eigenvalue weighted by Crippen LogP contribution is 2.19. The Morgan fingerprint density at radius 1 is 1.40 bits per heavy atom. The van der Waals surface area contributed by atoms with E-state index in [0.717, 1.165) is 19.3 Å². The third kappa shape index (κ3) is 2.78. The minimum atomic E-state index is -0.0688. The highest BCUT2D eigenvalue weighted by atomic mass is 32.1. The van der Waals surface area contributed by atoms with Crippen molar-refractivity contribution in [3.8, 4) is 0 Å². The van der Waals surface area contributed by atoms with Crippen LogP contribution in [-0.4, -0.2) is 16.4 Å². The van der Waals surface area contributed by atoms with Gasteiger partial charge in [-0.25, -0.2) is 4.98 Å². The second-order valence-corrected chi connectivity index (χ2v) is 4.39. The lowest BCUT2D eigenvalue weighted by molar-refractivity contribution is 0.0883. The van der Waals surface area contributed by atoms with Crippen molar-refractivity contribution >= 4 is 17.2 Å². The number of nitrogens with zero attached hydrogens (tertiary/aromatic N) is 1. The molecule has 0 radical (unpaired) electrons. The van der Waals surface area contributed by atoms with E-state index in [1.165, 1.54) is 11.3 Å². The van der Waals surface area contributed by atoms with Crippen LogP contribution < -0.4 is 5.32 Å². The molecule has 1 aromatic heterocycles. The molecule has 1 amide bonds. The summed E-state index contributed by atoms with van der Waals surface area (Å²) in [6.45, 7) is 6.32. The molecule has 1 N–H and O–H groups in total. The van der Waals surface area contributed by atoms with Gasteiger partial charge in [0.25, 0.3) is 5.91 Å². The lowest BCUT2D eigenvalue weighted by atomic mass is 9.89. The summed E-state index contributed by atoms with van der Waals surface area (Å²) in [4.78, 5) is 15.8. The highest BCUT2D eigenvalue weighted by Gasteiger charge is 2.26. The topological polar surface area (TPSA) is 42.0 Å². The molecule has 3 nitrogen and oxygen atoms in total. The lowest BCUT2D eigenvalue weighted by Crippen LogP contribution is -2.47. The van der Waals surface area contributed by atoms with Crippen LogP contribution in [0.5, 0.6) is 0 Å². The van der Waals surface area contributed by atoms with Gasteiger partial charge in [-0.15, -0.1) is 11.3 Å². The fourth-order valence-corrected chi connectivity index (χ4v) is 2.18. The van der Waals surface area contributed by atoms with Gasteiger partial charge in [-0.2, -0.15) is 0 Å². The predicted molar refractivity (Wildman–Crippen MR) is 63.2 cm³/mol. The van der Waals surface area contributed by atoms with E-state index in [2.05, 4.69) is 31.1 Å². The van der Waals surface area contributed by atoms with Crippen molar-refractivity contribution in [2.24, 2.45) is 0 Å². The Morgan fingerprint density at radius 3 is 2.40 bits per heavy atom. The standard InChI is InChI=1S/C11H18N2OS/c1-4-11(5-2,6-3)13-10(14)9-7-15-8-12-9/h7-8H,4-6H2,1-3H3,(H,13,14). The molecule has 0 unspecified atom stereocenters. The van der Waals surface area contributed by atoms with E-state index < -0.39 is 0 Å². The minimum Gasteiger partial charge on any atom is -0.345 e. The summed E-state index contributed by atoms with van der Waals surface area (Å²) >= 11 is 1.44. The fourth-order valence-electron chi connectivity index (χ4n) is 1.64. The number of nitrogens with one attached hydrogen (secondary N) is 1. The third-order valence-corrected chi connectivity index (χ3v) is 3.66. The lowest BCUT2D eigenvalue weighted by Gasteiger charge is -2.31. The van der Waals surface area contributed by atoms with Crippen LogP contribution in [0.1, 0.15) is 50.5 Å². The largest absolute Gasteiger partial charge is 0.345 e. The maximum Gasteiger partial charge on any atom is 0.271 e. The molecule has 0 aromatic carbocycles. The van der Waals surface area contributed by atoms with Crippen LogP contribution in [0, 0.1) is 0 Å². The van der Waals surface area contributed by atoms with Gasteiger partial charge in [0.1, 0.15) is 5.69 Å². The van der Waals surface area contributed by atoms with Crippen molar-refractivity contribution in [3.05, 3.63) is 16.6 Å². The van der Waals surface area contributed by atoms with Gasteiger partial charge in [0.05, 0.1) is 5.51 Å². The van der Waals surface area contributed by atoms with E-state index in [4.69, 9.17) is 0 Å². The van der Waals surface area contributed by atoms with Gasteiger partial charge >= 0.3 is 0 Å². The first-order valence-electron chi connectivity index (χ1n) is 5.38. The van der Waals surface area contributed by atoms with Crippen molar-refractivity contribution in [2.45, 2.75) is 45.6 Å².